The van der Waals surface area contributed by atoms with Gasteiger partial charge in [0.1, 0.15) is 0 Å². The average Bonchev–Trinajstić information content (AvgIpc) is 2.44. The Morgan fingerprint density at radius 2 is 2.26 bits per heavy atom. The smallest absolute Gasteiger partial charge is 0.0716 e. The van der Waals surface area contributed by atoms with Gasteiger partial charge in [-0.05, 0) is 18.1 Å². The molecule has 0 spiro atoms. The van der Waals surface area contributed by atoms with Gasteiger partial charge >= 0.3 is 0 Å². The Morgan fingerprint density at radius 3 is 2.95 bits per heavy atom. The van der Waals surface area contributed by atoms with Crippen molar-refractivity contribution in [1.29, 1.82) is 0 Å². The molecule has 4 heteroatoms. The van der Waals surface area contributed by atoms with Gasteiger partial charge in [0.05, 0.1) is 6.61 Å². The Balaban J connectivity index is 2.25. The van der Waals surface area contributed by atoms with E-state index in [2.05, 4.69) is 36.1 Å². The van der Waals surface area contributed by atoms with Gasteiger partial charge in [-0.25, -0.2) is 0 Å². The molecule has 1 fully saturated rings. The molecule has 1 aromatic rings. The van der Waals surface area contributed by atoms with Gasteiger partial charge in [0.25, 0.3) is 0 Å². The maximum Gasteiger partial charge on any atom is 0.0716 e. The lowest BCUT2D eigenvalue weighted by Gasteiger charge is -2.39. The van der Waals surface area contributed by atoms with E-state index in [-0.39, 0.29) is 0 Å². The standard InChI is InChI=1S/C15H24N2OS/c1-12-11-19-8-7-17(12)15(9-16)14-6-4-3-5-13(14)10-18-2/h3-6,12,15H,7-11,16H2,1-2H3. The van der Waals surface area contributed by atoms with Crippen molar-refractivity contribution in [1.82, 2.24) is 4.90 Å². The second kappa shape index (κ2) is 7.29. The van der Waals surface area contributed by atoms with Crippen LogP contribution in [0.2, 0.25) is 0 Å². The molecule has 1 saturated heterocycles. The summed E-state index contributed by atoms with van der Waals surface area (Å²) >= 11 is 2.04. The minimum atomic E-state index is 0.308. The van der Waals surface area contributed by atoms with Crippen LogP contribution in [-0.4, -0.2) is 42.6 Å². The summed E-state index contributed by atoms with van der Waals surface area (Å²) in [7, 11) is 1.74. The Bertz CT molecular complexity index is 399. The van der Waals surface area contributed by atoms with E-state index in [1.165, 1.54) is 22.6 Å². The summed E-state index contributed by atoms with van der Waals surface area (Å²) in [6, 6.07) is 9.40. The van der Waals surface area contributed by atoms with Crippen molar-refractivity contribution in [2.75, 3.05) is 31.7 Å². The van der Waals surface area contributed by atoms with Crippen LogP contribution in [0.4, 0.5) is 0 Å². The van der Waals surface area contributed by atoms with Crippen LogP contribution >= 0.6 is 11.8 Å². The van der Waals surface area contributed by atoms with E-state index in [9.17, 15) is 0 Å². The molecule has 1 aliphatic heterocycles. The second-order valence-electron chi connectivity index (χ2n) is 5.05. The van der Waals surface area contributed by atoms with E-state index in [4.69, 9.17) is 10.5 Å². The molecule has 106 valence electrons. The van der Waals surface area contributed by atoms with Crippen LogP contribution in [0, 0.1) is 0 Å². The Hall–Kier alpha value is -0.550. The SMILES string of the molecule is COCc1ccccc1C(CN)N1CCSCC1C. The molecule has 3 nitrogen and oxygen atoms in total. The normalized spacial score (nSPS) is 22.4. The Morgan fingerprint density at radius 1 is 1.47 bits per heavy atom. The molecule has 2 rings (SSSR count). The summed E-state index contributed by atoms with van der Waals surface area (Å²) < 4.78 is 5.31. The van der Waals surface area contributed by atoms with Crippen LogP contribution in [-0.2, 0) is 11.3 Å². The molecule has 0 radical (unpaired) electrons. The van der Waals surface area contributed by atoms with Gasteiger partial charge in [0, 0.05) is 43.8 Å². The lowest BCUT2D eigenvalue weighted by atomic mass is 9.98. The number of hydrogen-bond donors (Lipinski definition) is 1. The third-order valence-corrected chi connectivity index (χ3v) is 4.95. The summed E-state index contributed by atoms with van der Waals surface area (Å²) in [5.74, 6) is 2.40. The number of methoxy groups -OCH3 is 1. The largest absolute Gasteiger partial charge is 0.380 e. The highest BCUT2D eigenvalue weighted by atomic mass is 32.2. The quantitative estimate of drug-likeness (QED) is 0.898. The average molecular weight is 280 g/mol. The molecule has 0 aromatic heterocycles. The number of ether oxygens (including phenoxy) is 1. The molecule has 19 heavy (non-hydrogen) atoms. The molecule has 2 N–H and O–H groups in total. The highest BCUT2D eigenvalue weighted by molar-refractivity contribution is 7.99. The van der Waals surface area contributed by atoms with E-state index in [0.717, 1.165) is 6.54 Å². The molecule has 2 atom stereocenters. The van der Waals surface area contributed by atoms with Crippen LogP contribution in [0.1, 0.15) is 24.1 Å². The van der Waals surface area contributed by atoms with E-state index < -0.39 is 0 Å². The molecular formula is C15H24N2OS. The summed E-state index contributed by atoms with van der Waals surface area (Å²) in [6.45, 7) is 4.74. The molecule has 0 amide bonds. The van der Waals surface area contributed by atoms with Crippen molar-refractivity contribution in [3.05, 3.63) is 35.4 Å². The third-order valence-electron chi connectivity index (χ3n) is 3.76. The maximum atomic E-state index is 6.07. The van der Waals surface area contributed by atoms with E-state index in [0.29, 0.717) is 25.2 Å². The first-order chi connectivity index (χ1) is 9.27. The van der Waals surface area contributed by atoms with Gasteiger partial charge in [0.2, 0.25) is 0 Å². The number of benzene rings is 1. The first-order valence-electron chi connectivity index (χ1n) is 6.88. The number of thioether (sulfide) groups is 1. The van der Waals surface area contributed by atoms with Gasteiger partial charge < -0.3 is 10.5 Å². The minimum absolute atomic E-state index is 0.308. The van der Waals surface area contributed by atoms with Gasteiger partial charge in [-0.15, -0.1) is 0 Å². The number of hydrogen-bond acceptors (Lipinski definition) is 4. The second-order valence-corrected chi connectivity index (χ2v) is 6.19. The van der Waals surface area contributed by atoms with Crippen LogP contribution in [0.3, 0.4) is 0 Å². The van der Waals surface area contributed by atoms with Gasteiger partial charge in [0.15, 0.2) is 0 Å². The van der Waals surface area contributed by atoms with E-state index in [1.54, 1.807) is 7.11 Å². The van der Waals surface area contributed by atoms with Crippen molar-refractivity contribution < 1.29 is 4.74 Å². The topological polar surface area (TPSA) is 38.5 Å². The van der Waals surface area contributed by atoms with Crippen LogP contribution in [0.25, 0.3) is 0 Å². The predicted octanol–water partition coefficient (Wildman–Crippen LogP) is 2.27. The van der Waals surface area contributed by atoms with Gasteiger partial charge in [-0.3, -0.25) is 4.90 Å². The molecule has 2 unspecified atom stereocenters. The lowest BCUT2D eigenvalue weighted by Crippen LogP contribution is -2.45. The van der Waals surface area contributed by atoms with Gasteiger partial charge in [-0.2, -0.15) is 11.8 Å². The number of rotatable bonds is 5. The third kappa shape index (κ3) is 3.51. The van der Waals surface area contributed by atoms with Crippen molar-refractivity contribution in [3.63, 3.8) is 0 Å². The van der Waals surface area contributed by atoms with Crippen LogP contribution < -0.4 is 5.73 Å². The fourth-order valence-electron chi connectivity index (χ4n) is 2.79. The summed E-state index contributed by atoms with van der Waals surface area (Å²) in [6.07, 6.45) is 0. The van der Waals surface area contributed by atoms with E-state index >= 15 is 0 Å². The van der Waals surface area contributed by atoms with Gasteiger partial charge in [-0.1, -0.05) is 24.3 Å². The zero-order valence-corrected chi connectivity index (χ0v) is 12.7. The Kier molecular flexibility index (Phi) is 5.70. The monoisotopic (exact) mass is 280 g/mol. The van der Waals surface area contributed by atoms with Crippen LogP contribution in [0.5, 0.6) is 0 Å². The molecule has 0 aliphatic carbocycles. The van der Waals surface area contributed by atoms with Crippen molar-refractivity contribution in [2.24, 2.45) is 5.73 Å². The van der Waals surface area contributed by atoms with Crippen molar-refractivity contribution in [3.8, 4) is 0 Å². The highest BCUT2D eigenvalue weighted by Crippen LogP contribution is 2.29. The molecule has 1 heterocycles. The first kappa shape index (κ1) is 14.9. The lowest BCUT2D eigenvalue weighted by molar-refractivity contribution is 0.156. The molecule has 0 bridgehead atoms. The molecule has 1 aromatic carbocycles. The van der Waals surface area contributed by atoms with Crippen molar-refractivity contribution in [2.45, 2.75) is 25.6 Å². The summed E-state index contributed by atoms with van der Waals surface area (Å²) in [4.78, 5) is 2.55. The zero-order chi connectivity index (χ0) is 13.7. The fraction of sp³-hybridized carbons (Fsp3) is 0.600. The number of nitrogens with zero attached hydrogens (tertiary/aromatic N) is 1. The summed E-state index contributed by atoms with van der Waals surface area (Å²) in [5, 5.41) is 0. The molecule has 0 saturated carbocycles. The predicted molar refractivity (Wildman–Crippen MR) is 82.4 cm³/mol. The fourth-order valence-corrected chi connectivity index (χ4v) is 3.83. The minimum Gasteiger partial charge on any atom is -0.380 e. The van der Waals surface area contributed by atoms with E-state index in [1.807, 2.05) is 11.8 Å². The maximum absolute atomic E-state index is 6.07. The summed E-state index contributed by atoms with van der Waals surface area (Å²) in [5.41, 5.74) is 8.65. The first-order valence-corrected chi connectivity index (χ1v) is 8.03. The van der Waals surface area contributed by atoms with Crippen LogP contribution in [0.15, 0.2) is 24.3 Å². The highest BCUT2D eigenvalue weighted by Gasteiger charge is 2.27. The zero-order valence-electron chi connectivity index (χ0n) is 11.8. The van der Waals surface area contributed by atoms with Crippen molar-refractivity contribution >= 4 is 11.8 Å². The molecule has 1 aliphatic rings. The number of nitrogens with two attached hydrogens (primary N) is 1. The molecular weight excluding hydrogens is 256 g/mol. The Labute approximate surface area is 120 Å².